The second kappa shape index (κ2) is 9.59. The Morgan fingerprint density at radius 1 is 1.07 bits per heavy atom. The highest BCUT2D eigenvalue weighted by Gasteiger charge is 2.55. The third-order valence-corrected chi connectivity index (χ3v) is 6.87. The lowest BCUT2D eigenvalue weighted by molar-refractivity contribution is -0.216. The summed E-state index contributed by atoms with van der Waals surface area (Å²) in [5.74, 6) is -3.92. The zero-order chi connectivity index (χ0) is 29.9. The third-order valence-electron chi connectivity index (χ3n) is 6.87. The maximum atomic E-state index is 14.9. The van der Waals surface area contributed by atoms with Crippen molar-refractivity contribution in [1.29, 1.82) is 0 Å². The number of likely N-dealkylation sites (tertiary alicyclic amines) is 1. The molecule has 1 saturated heterocycles. The summed E-state index contributed by atoms with van der Waals surface area (Å²) in [6.45, 7) is 1.21. The van der Waals surface area contributed by atoms with Gasteiger partial charge in [-0.3, -0.25) is 9.59 Å². The van der Waals surface area contributed by atoms with Crippen molar-refractivity contribution in [2.24, 2.45) is 5.41 Å². The SMILES string of the molecule is Cc1c(F)cc(-c2cc(C(F)(F)F)c3c(N)ncnn23)cc1C(=O)N[C@@H]1CN(C(=O)C(C)(C)C(F)(F)F)C[C@@H]1F. The van der Waals surface area contributed by atoms with Crippen molar-refractivity contribution in [2.45, 2.75) is 45.3 Å². The van der Waals surface area contributed by atoms with Crippen LogP contribution in [0.1, 0.15) is 35.3 Å². The molecule has 16 heteroatoms. The largest absolute Gasteiger partial charge is 0.418 e. The van der Waals surface area contributed by atoms with Gasteiger partial charge in [0.05, 0.1) is 23.8 Å². The Balaban J connectivity index is 1.66. The number of aromatic nitrogens is 3. The first-order valence-electron chi connectivity index (χ1n) is 11.7. The molecule has 216 valence electrons. The van der Waals surface area contributed by atoms with E-state index in [1.165, 1.54) is 6.92 Å². The van der Waals surface area contributed by atoms with Crippen LogP contribution in [0.4, 0.5) is 40.9 Å². The lowest BCUT2D eigenvalue weighted by atomic mass is 9.91. The molecule has 1 fully saturated rings. The van der Waals surface area contributed by atoms with Crippen LogP contribution in [0.3, 0.4) is 0 Å². The van der Waals surface area contributed by atoms with Crippen LogP contribution >= 0.6 is 0 Å². The fourth-order valence-corrected chi connectivity index (χ4v) is 4.38. The number of amides is 2. The van der Waals surface area contributed by atoms with Crippen LogP contribution in [-0.2, 0) is 11.0 Å². The Morgan fingerprint density at radius 2 is 1.73 bits per heavy atom. The highest BCUT2D eigenvalue weighted by Crippen LogP contribution is 2.41. The quantitative estimate of drug-likeness (QED) is 0.449. The standard InChI is InChI=1S/C24H22F8N6O2/c1-10-12(20(39)36-16-8-37(7-15(16)26)21(40)22(2,3)24(30,31)32)4-11(5-14(10)25)17-6-13(23(27,28)29)18-19(33)34-9-35-38(17)18/h4-6,9,15-16H,7-8H2,1-3H3,(H,36,39)(H2,33,34,35)/t15-,16+/m0/s1. The fourth-order valence-electron chi connectivity index (χ4n) is 4.38. The number of fused-ring (bicyclic) bond motifs is 1. The topological polar surface area (TPSA) is 106 Å². The van der Waals surface area contributed by atoms with Crippen molar-refractivity contribution in [3.8, 4) is 11.3 Å². The van der Waals surface area contributed by atoms with E-state index in [2.05, 4.69) is 15.4 Å². The van der Waals surface area contributed by atoms with Crippen molar-refractivity contribution in [1.82, 2.24) is 24.8 Å². The van der Waals surface area contributed by atoms with E-state index in [1.54, 1.807) is 0 Å². The first kappa shape index (κ1) is 29.0. The number of rotatable bonds is 4. The highest BCUT2D eigenvalue weighted by atomic mass is 19.4. The van der Waals surface area contributed by atoms with Gasteiger partial charge in [-0.1, -0.05) is 0 Å². The number of nitrogen functional groups attached to an aromatic ring is 1. The third kappa shape index (κ3) is 4.90. The summed E-state index contributed by atoms with van der Waals surface area (Å²) < 4.78 is 111. The van der Waals surface area contributed by atoms with E-state index in [0.717, 1.165) is 23.0 Å². The first-order valence-corrected chi connectivity index (χ1v) is 11.7. The lowest BCUT2D eigenvalue weighted by Gasteiger charge is -2.30. The van der Waals surface area contributed by atoms with Gasteiger partial charge < -0.3 is 16.0 Å². The summed E-state index contributed by atoms with van der Waals surface area (Å²) in [4.78, 5) is 29.7. The molecule has 2 amide bonds. The number of hydrogen-bond acceptors (Lipinski definition) is 5. The number of carbonyl (C=O) groups is 2. The molecule has 8 nitrogen and oxygen atoms in total. The molecular weight excluding hydrogens is 556 g/mol. The van der Waals surface area contributed by atoms with Crippen molar-refractivity contribution >= 4 is 23.1 Å². The van der Waals surface area contributed by atoms with Gasteiger partial charge in [-0.2, -0.15) is 31.4 Å². The zero-order valence-electron chi connectivity index (χ0n) is 21.1. The van der Waals surface area contributed by atoms with Gasteiger partial charge in [0, 0.05) is 17.7 Å². The van der Waals surface area contributed by atoms with Crippen molar-refractivity contribution < 1.29 is 44.7 Å². The number of nitrogens with one attached hydrogen (secondary N) is 1. The molecule has 2 atom stereocenters. The van der Waals surface area contributed by atoms with Gasteiger partial charge in [0.15, 0.2) is 5.82 Å². The summed E-state index contributed by atoms with van der Waals surface area (Å²) in [6, 6.07) is 1.17. The summed E-state index contributed by atoms with van der Waals surface area (Å²) in [6.07, 6.45) is -10.8. The summed E-state index contributed by atoms with van der Waals surface area (Å²) in [5, 5.41) is 6.02. The van der Waals surface area contributed by atoms with Crippen LogP contribution < -0.4 is 11.1 Å². The van der Waals surface area contributed by atoms with Crippen LogP contribution in [-0.4, -0.2) is 62.8 Å². The average molecular weight is 578 g/mol. The van der Waals surface area contributed by atoms with Crippen LogP contribution in [0, 0.1) is 18.2 Å². The Kier molecular flexibility index (Phi) is 6.95. The number of alkyl halides is 7. The Bertz CT molecular complexity index is 1500. The molecule has 0 bridgehead atoms. The van der Waals surface area contributed by atoms with Gasteiger partial charge in [0.1, 0.15) is 29.2 Å². The number of nitrogens with zero attached hydrogens (tertiary/aromatic N) is 4. The number of nitrogens with two attached hydrogens (primary N) is 1. The molecule has 4 rings (SSSR count). The monoisotopic (exact) mass is 578 g/mol. The Labute approximate surface area is 221 Å². The zero-order valence-corrected chi connectivity index (χ0v) is 21.1. The number of halogens is 8. The highest BCUT2D eigenvalue weighted by molar-refractivity contribution is 5.97. The van der Waals surface area contributed by atoms with Crippen LogP contribution in [0.15, 0.2) is 24.5 Å². The molecule has 1 aliphatic heterocycles. The van der Waals surface area contributed by atoms with E-state index < -0.39 is 77.6 Å². The predicted octanol–water partition coefficient (Wildman–Crippen LogP) is 4.31. The lowest BCUT2D eigenvalue weighted by Crippen LogP contribution is -2.49. The molecule has 0 saturated carbocycles. The second-order valence-corrected chi connectivity index (χ2v) is 9.91. The maximum absolute atomic E-state index is 14.9. The van der Waals surface area contributed by atoms with Gasteiger partial charge in [-0.25, -0.2) is 18.3 Å². The summed E-state index contributed by atoms with van der Waals surface area (Å²) in [7, 11) is 0. The Hall–Kier alpha value is -3.98. The van der Waals surface area contributed by atoms with Crippen molar-refractivity contribution in [3.63, 3.8) is 0 Å². The van der Waals surface area contributed by atoms with E-state index in [-0.39, 0.29) is 22.4 Å². The first-order chi connectivity index (χ1) is 18.3. The maximum Gasteiger partial charge on any atom is 0.418 e. The fraction of sp³-hybridized carbons (Fsp3) is 0.417. The summed E-state index contributed by atoms with van der Waals surface area (Å²) >= 11 is 0. The smallest absolute Gasteiger partial charge is 0.382 e. The van der Waals surface area contributed by atoms with Crippen LogP contribution in [0.25, 0.3) is 16.8 Å². The number of carbonyl (C=O) groups excluding carboxylic acids is 2. The van der Waals surface area contributed by atoms with Crippen molar-refractivity contribution in [3.05, 3.63) is 47.0 Å². The van der Waals surface area contributed by atoms with E-state index >= 15 is 0 Å². The molecule has 3 heterocycles. The van der Waals surface area contributed by atoms with Gasteiger partial charge >= 0.3 is 12.4 Å². The molecular formula is C24H22F8N6O2. The normalized spacial score (nSPS) is 18.4. The van der Waals surface area contributed by atoms with Crippen LogP contribution in [0.5, 0.6) is 0 Å². The van der Waals surface area contributed by atoms with Gasteiger partial charge in [0.25, 0.3) is 5.91 Å². The van der Waals surface area contributed by atoms with E-state index in [4.69, 9.17) is 5.73 Å². The number of hydrogen-bond donors (Lipinski definition) is 2. The minimum Gasteiger partial charge on any atom is -0.382 e. The summed E-state index contributed by atoms with van der Waals surface area (Å²) in [5.41, 5.74) is -0.0606. The van der Waals surface area contributed by atoms with E-state index in [0.29, 0.717) is 24.8 Å². The molecule has 1 aromatic carbocycles. The van der Waals surface area contributed by atoms with E-state index in [9.17, 15) is 44.7 Å². The van der Waals surface area contributed by atoms with Gasteiger partial charge in [-0.15, -0.1) is 0 Å². The minimum absolute atomic E-state index is 0.205. The predicted molar refractivity (Wildman–Crippen MR) is 125 cm³/mol. The van der Waals surface area contributed by atoms with Crippen molar-refractivity contribution in [2.75, 3.05) is 18.8 Å². The molecule has 0 unspecified atom stereocenters. The molecule has 3 aromatic rings. The minimum atomic E-state index is -4.91. The number of anilines is 1. The molecule has 3 N–H and O–H groups in total. The molecule has 0 aliphatic carbocycles. The number of benzene rings is 1. The van der Waals surface area contributed by atoms with Gasteiger partial charge in [0.2, 0.25) is 5.91 Å². The average Bonchev–Trinajstić information content (AvgIpc) is 3.41. The Morgan fingerprint density at radius 3 is 2.33 bits per heavy atom. The second-order valence-electron chi connectivity index (χ2n) is 9.91. The van der Waals surface area contributed by atoms with E-state index in [1.807, 2.05) is 0 Å². The molecule has 0 spiro atoms. The van der Waals surface area contributed by atoms with Gasteiger partial charge in [-0.05, 0) is 44.5 Å². The molecule has 1 aliphatic rings. The molecule has 40 heavy (non-hydrogen) atoms. The molecule has 0 radical (unpaired) electrons. The van der Waals surface area contributed by atoms with Crippen LogP contribution in [0.2, 0.25) is 0 Å². The molecule has 2 aromatic heterocycles.